The van der Waals surface area contributed by atoms with Gasteiger partial charge in [-0.3, -0.25) is 4.79 Å². The van der Waals surface area contributed by atoms with Gasteiger partial charge in [0.1, 0.15) is 6.54 Å². The summed E-state index contributed by atoms with van der Waals surface area (Å²) in [7, 11) is -1.41. The second-order valence-corrected chi connectivity index (χ2v) is 9.21. The lowest BCUT2D eigenvalue weighted by molar-refractivity contribution is -0.132. The molecule has 2 aromatic rings. The second-order valence-electron chi connectivity index (χ2n) is 6.98. The predicted octanol–water partition coefficient (Wildman–Crippen LogP) is 1.11. The number of rotatable bonds is 5. The first-order valence-corrected chi connectivity index (χ1v) is 10.4. The first-order valence-electron chi connectivity index (χ1n) is 8.59. The van der Waals surface area contributed by atoms with E-state index in [-0.39, 0.29) is 30.0 Å². The van der Waals surface area contributed by atoms with E-state index in [9.17, 15) is 13.2 Å². The zero-order valence-electron chi connectivity index (χ0n) is 15.2. The molecule has 1 aromatic carbocycles. The molecule has 2 heterocycles. The molecule has 1 atom stereocenters. The van der Waals surface area contributed by atoms with Crippen molar-refractivity contribution in [2.75, 3.05) is 18.6 Å². The zero-order chi connectivity index (χ0) is 18.9. The van der Waals surface area contributed by atoms with Crippen molar-refractivity contribution in [3.05, 3.63) is 29.8 Å². The highest BCUT2D eigenvalue weighted by molar-refractivity contribution is 7.91. The van der Waals surface area contributed by atoms with Gasteiger partial charge < -0.3 is 4.90 Å². The maximum Gasteiger partial charge on any atom is 0.246 e. The van der Waals surface area contributed by atoms with Gasteiger partial charge in [0.2, 0.25) is 11.7 Å². The maximum atomic E-state index is 12.4. The lowest BCUT2D eigenvalue weighted by Crippen LogP contribution is -2.40. The molecular formula is C17H23N5O3S. The molecule has 140 valence electrons. The first kappa shape index (κ1) is 18.5. The molecule has 26 heavy (non-hydrogen) atoms. The van der Waals surface area contributed by atoms with Crippen molar-refractivity contribution in [2.45, 2.75) is 38.8 Å². The molecule has 0 saturated carbocycles. The van der Waals surface area contributed by atoms with Crippen LogP contribution in [0.4, 0.5) is 0 Å². The Balaban J connectivity index is 1.65. The number of sulfone groups is 1. The fourth-order valence-electron chi connectivity index (χ4n) is 2.96. The van der Waals surface area contributed by atoms with Crippen molar-refractivity contribution in [1.82, 2.24) is 25.1 Å². The van der Waals surface area contributed by atoms with Crippen LogP contribution in [0.5, 0.6) is 0 Å². The van der Waals surface area contributed by atoms with Gasteiger partial charge in [0.15, 0.2) is 9.84 Å². The smallest absolute Gasteiger partial charge is 0.246 e. The molecule has 0 N–H and O–H groups in total. The highest BCUT2D eigenvalue weighted by atomic mass is 32.2. The number of carbonyl (C=O) groups is 1. The van der Waals surface area contributed by atoms with Crippen LogP contribution < -0.4 is 0 Å². The third kappa shape index (κ3) is 4.09. The average Bonchev–Trinajstić information content (AvgIpc) is 3.20. The highest BCUT2D eigenvalue weighted by Gasteiger charge is 2.32. The summed E-state index contributed by atoms with van der Waals surface area (Å²) in [5.41, 5.74) is 2.06. The van der Waals surface area contributed by atoms with E-state index in [0.717, 1.165) is 5.56 Å². The molecule has 0 radical (unpaired) electrons. The van der Waals surface area contributed by atoms with Crippen LogP contribution in [0.3, 0.4) is 0 Å². The number of aromatic nitrogens is 4. The van der Waals surface area contributed by atoms with E-state index < -0.39 is 9.84 Å². The van der Waals surface area contributed by atoms with Crippen LogP contribution >= 0.6 is 0 Å². The van der Waals surface area contributed by atoms with E-state index in [1.807, 2.05) is 24.3 Å². The minimum absolute atomic E-state index is 0.0213. The van der Waals surface area contributed by atoms with Crippen molar-refractivity contribution in [2.24, 2.45) is 0 Å². The third-order valence-electron chi connectivity index (χ3n) is 4.71. The monoisotopic (exact) mass is 377 g/mol. The van der Waals surface area contributed by atoms with Gasteiger partial charge in [-0.1, -0.05) is 38.1 Å². The molecule has 1 fully saturated rings. The summed E-state index contributed by atoms with van der Waals surface area (Å²) in [5.74, 6) is 0.826. The van der Waals surface area contributed by atoms with Crippen molar-refractivity contribution in [1.29, 1.82) is 0 Å². The molecule has 9 heteroatoms. The molecule has 1 amide bonds. The third-order valence-corrected chi connectivity index (χ3v) is 6.46. The van der Waals surface area contributed by atoms with E-state index >= 15 is 0 Å². The number of likely N-dealkylation sites (N-methyl/N-ethyl adjacent to an activating group) is 1. The van der Waals surface area contributed by atoms with Gasteiger partial charge >= 0.3 is 0 Å². The molecule has 8 nitrogen and oxygen atoms in total. The van der Waals surface area contributed by atoms with Gasteiger partial charge in [0.05, 0.1) is 11.5 Å². The summed E-state index contributed by atoms with van der Waals surface area (Å²) in [5, 5.41) is 12.2. The van der Waals surface area contributed by atoms with Crippen molar-refractivity contribution >= 4 is 15.7 Å². The van der Waals surface area contributed by atoms with Crippen LogP contribution in [0.2, 0.25) is 0 Å². The highest BCUT2D eigenvalue weighted by Crippen LogP contribution is 2.20. The molecular weight excluding hydrogens is 354 g/mol. The molecule has 1 aliphatic heterocycles. The zero-order valence-corrected chi connectivity index (χ0v) is 16.0. The van der Waals surface area contributed by atoms with Crippen molar-refractivity contribution in [3.8, 4) is 11.4 Å². The molecule has 0 bridgehead atoms. The van der Waals surface area contributed by atoms with E-state index in [4.69, 9.17) is 0 Å². The predicted molar refractivity (Wildman–Crippen MR) is 97.2 cm³/mol. The molecule has 1 aliphatic rings. The lowest BCUT2D eigenvalue weighted by Gasteiger charge is -2.22. The Morgan fingerprint density at radius 1 is 1.31 bits per heavy atom. The Kier molecular flexibility index (Phi) is 5.08. The summed E-state index contributed by atoms with van der Waals surface area (Å²) < 4.78 is 23.1. The van der Waals surface area contributed by atoms with Crippen LogP contribution in [0, 0.1) is 0 Å². The molecule has 1 saturated heterocycles. The number of hydrogen-bond donors (Lipinski definition) is 0. The number of amides is 1. The van der Waals surface area contributed by atoms with Crippen LogP contribution in [0.15, 0.2) is 24.3 Å². The first-order chi connectivity index (χ1) is 12.2. The van der Waals surface area contributed by atoms with Gasteiger partial charge in [-0.2, -0.15) is 4.80 Å². The molecule has 0 spiro atoms. The SMILES string of the molecule is CC(C)c1ccc(-c2nnn(CC(=O)N(C)[C@@H]3CCS(=O)(=O)C3)n2)cc1. The van der Waals surface area contributed by atoms with Gasteiger partial charge in [-0.25, -0.2) is 8.42 Å². The Morgan fingerprint density at radius 2 is 2.00 bits per heavy atom. The average molecular weight is 377 g/mol. The van der Waals surface area contributed by atoms with Gasteiger partial charge in [0.25, 0.3) is 0 Å². The summed E-state index contributed by atoms with van der Waals surface area (Å²) in [6.07, 6.45) is 0.475. The minimum Gasteiger partial charge on any atom is -0.340 e. The second kappa shape index (κ2) is 7.14. The molecule has 1 aromatic heterocycles. The van der Waals surface area contributed by atoms with Crippen LogP contribution in [-0.4, -0.2) is 64.0 Å². The van der Waals surface area contributed by atoms with Crippen molar-refractivity contribution in [3.63, 3.8) is 0 Å². The summed E-state index contributed by atoms with van der Waals surface area (Å²) in [4.78, 5) is 15.1. The number of nitrogens with zero attached hydrogens (tertiary/aromatic N) is 5. The minimum atomic E-state index is -3.03. The Labute approximate surface area is 153 Å². The van der Waals surface area contributed by atoms with E-state index in [1.165, 1.54) is 15.3 Å². The number of benzene rings is 1. The Morgan fingerprint density at radius 3 is 2.58 bits per heavy atom. The summed E-state index contributed by atoms with van der Waals surface area (Å²) >= 11 is 0. The summed E-state index contributed by atoms with van der Waals surface area (Å²) in [6, 6.07) is 7.65. The molecule has 0 aliphatic carbocycles. The molecule has 0 unspecified atom stereocenters. The fraction of sp³-hybridized carbons (Fsp3) is 0.529. The topological polar surface area (TPSA) is 98.0 Å². The number of carbonyl (C=O) groups excluding carboxylic acids is 1. The maximum absolute atomic E-state index is 12.4. The standard InChI is InChI=1S/C17H23N5O3S/c1-12(2)13-4-6-14(7-5-13)17-18-20-22(19-17)10-16(23)21(3)15-8-9-26(24,25)11-15/h4-7,12,15H,8-11H2,1-3H3/t15-/m1/s1. The Bertz CT molecular complexity index is 889. The quantitative estimate of drug-likeness (QED) is 0.774. The van der Waals surface area contributed by atoms with E-state index in [0.29, 0.717) is 18.2 Å². The van der Waals surface area contributed by atoms with Crippen LogP contribution in [0.1, 0.15) is 31.7 Å². The van der Waals surface area contributed by atoms with E-state index in [1.54, 1.807) is 7.05 Å². The largest absolute Gasteiger partial charge is 0.340 e. The van der Waals surface area contributed by atoms with Crippen LogP contribution in [-0.2, 0) is 21.2 Å². The fourth-order valence-corrected chi connectivity index (χ4v) is 4.73. The van der Waals surface area contributed by atoms with Crippen molar-refractivity contribution < 1.29 is 13.2 Å². The lowest BCUT2D eigenvalue weighted by atomic mass is 10.0. The Hall–Kier alpha value is -2.29. The van der Waals surface area contributed by atoms with Gasteiger partial charge in [-0.15, -0.1) is 10.2 Å². The van der Waals surface area contributed by atoms with E-state index in [2.05, 4.69) is 29.3 Å². The van der Waals surface area contributed by atoms with Gasteiger partial charge in [-0.05, 0) is 23.1 Å². The normalized spacial score (nSPS) is 19.0. The van der Waals surface area contributed by atoms with Crippen LogP contribution in [0.25, 0.3) is 11.4 Å². The number of tetrazole rings is 1. The molecule has 3 rings (SSSR count). The van der Waals surface area contributed by atoms with Gasteiger partial charge in [0, 0.05) is 18.7 Å². The number of hydrogen-bond acceptors (Lipinski definition) is 6. The summed E-state index contributed by atoms with van der Waals surface area (Å²) in [6.45, 7) is 4.19.